The van der Waals surface area contributed by atoms with Gasteiger partial charge in [0, 0.05) is 59.9 Å². The van der Waals surface area contributed by atoms with Crippen LogP contribution in [-0.4, -0.2) is 51.7 Å². The molecule has 9 heteroatoms. The van der Waals surface area contributed by atoms with Crippen LogP contribution in [0.15, 0.2) is 79.3 Å². The zero-order chi connectivity index (χ0) is 27.3. The third-order valence-corrected chi connectivity index (χ3v) is 7.40. The van der Waals surface area contributed by atoms with Gasteiger partial charge in [-0.15, -0.1) is 0 Å². The topological polar surface area (TPSA) is 62.5 Å². The number of hydrogen-bond donors (Lipinski definition) is 1. The molecule has 0 bridgehead atoms. The number of alkyl halides is 3. The number of nitrogens with one attached hydrogen (secondary N) is 1. The van der Waals surface area contributed by atoms with Gasteiger partial charge in [0.1, 0.15) is 0 Å². The first-order valence-electron chi connectivity index (χ1n) is 12.8. The Kier molecular flexibility index (Phi) is 6.10. The van der Waals surface area contributed by atoms with Crippen molar-refractivity contribution in [3.63, 3.8) is 0 Å². The number of nitrogens with zero attached hydrogens (tertiary/aromatic N) is 4. The molecular formula is C30H26F3N5O. The van der Waals surface area contributed by atoms with Gasteiger partial charge in [-0.05, 0) is 53.9 Å². The highest BCUT2D eigenvalue weighted by Gasteiger charge is 2.40. The van der Waals surface area contributed by atoms with Crippen molar-refractivity contribution in [3.8, 4) is 22.3 Å². The molecule has 3 aromatic carbocycles. The van der Waals surface area contributed by atoms with E-state index in [-0.39, 0.29) is 10.9 Å². The minimum absolute atomic E-state index is 0.238. The Morgan fingerprint density at radius 1 is 0.872 bits per heavy atom. The Morgan fingerprint density at radius 3 is 2.26 bits per heavy atom. The molecule has 1 fully saturated rings. The van der Waals surface area contributed by atoms with Crippen molar-refractivity contribution >= 4 is 27.9 Å². The highest BCUT2D eigenvalue weighted by Crippen LogP contribution is 2.35. The van der Waals surface area contributed by atoms with Crippen LogP contribution in [0.3, 0.4) is 0 Å². The van der Waals surface area contributed by atoms with Gasteiger partial charge in [0.25, 0.3) is 5.78 Å². The van der Waals surface area contributed by atoms with Crippen molar-refractivity contribution in [2.75, 3.05) is 18.0 Å². The fourth-order valence-electron chi connectivity index (χ4n) is 5.57. The van der Waals surface area contributed by atoms with Gasteiger partial charge in [-0.2, -0.15) is 18.3 Å². The van der Waals surface area contributed by atoms with Crippen LogP contribution in [0.25, 0.3) is 38.7 Å². The number of aromatic nitrogens is 3. The molecule has 0 saturated carbocycles. The maximum absolute atomic E-state index is 13.2. The molecule has 0 unspecified atom stereocenters. The molecule has 2 atom stereocenters. The minimum atomic E-state index is -4.95. The third kappa shape index (κ3) is 4.42. The van der Waals surface area contributed by atoms with Gasteiger partial charge in [0.15, 0.2) is 5.65 Å². The number of carbonyl (C=O) groups is 1. The van der Waals surface area contributed by atoms with Gasteiger partial charge < -0.3 is 10.2 Å². The first-order chi connectivity index (χ1) is 18.7. The van der Waals surface area contributed by atoms with Crippen LogP contribution in [0.2, 0.25) is 0 Å². The summed E-state index contributed by atoms with van der Waals surface area (Å²) in [6.07, 6.45) is 0.359. The molecule has 1 N–H and O–H groups in total. The Hall–Kier alpha value is -4.24. The minimum Gasteiger partial charge on any atom is -0.364 e. The van der Waals surface area contributed by atoms with E-state index in [1.54, 1.807) is 35.1 Å². The van der Waals surface area contributed by atoms with E-state index in [1.165, 1.54) is 23.9 Å². The second-order valence-corrected chi connectivity index (χ2v) is 10.0. The molecule has 6 rings (SSSR count). The number of halogens is 3. The largest absolute Gasteiger partial charge is 0.454 e. The number of carbonyl (C=O) groups excluding carboxylic acids is 1. The smallest absolute Gasteiger partial charge is 0.364 e. The number of hydrogen-bond acceptors (Lipinski definition) is 5. The van der Waals surface area contributed by atoms with Gasteiger partial charge >= 0.3 is 6.18 Å². The van der Waals surface area contributed by atoms with Gasteiger partial charge in [0.05, 0.1) is 6.20 Å². The summed E-state index contributed by atoms with van der Waals surface area (Å²) in [4.78, 5) is 19.1. The van der Waals surface area contributed by atoms with Crippen LogP contribution in [0.5, 0.6) is 0 Å². The summed E-state index contributed by atoms with van der Waals surface area (Å²) in [6, 6.07) is 18.6. The zero-order valence-electron chi connectivity index (χ0n) is 21.4. The summed E-state index contributed by atoms with van der Waals surface area (Å²) in [6.45, 7) is 6.33. The normalized spacial score (nSPS) is 18.1. The van der Waals surface area contributed by atoms with Crippen LogP contribution in [0.1, 0.15) is 24.2 Å². The highest BCUT2D eigenvalue weighted by atomic mass is 19.4. The van der Waals surface area contributed by atoms with E-state index in [2.05, 4.69) is 58.4 Å². The summed E-state index contributed by atoms with van der Waals surface area (Å²) in [5.74, 6) is -1.86. The summed E-state index contributed by atoms with van der Waals surface area (Å²) in [5, 5.41) is 8.71. The van der Waals surface area contributed by atoms with E-state index < -0.39 is 12.0 Å². The Bertz CT molecular complexity index is 1680. The van der Waals surface area contributed by atoms with Gasteiger partial charge in [-0.3, -0.25) is 4.79 Å². The van der Waals surface area contributed by atoms with Crippen LogP contribution in [0.4, 0.5) is 18.9 Å². The highest BCUT2D eigenvalue weighted by molar-refractivity contribution is 6.14. The van der Waals surface area contributed by atoms with Crippen LogP contribution >= 0.6 is 0 Å². The lowest BCUT2D eigenvalue weighted by Gasteiger charge is -2.41. The fourth-order valence-corrected chi connectivity index (χ4v) is 5.57. The van der Waals surface area contributed by atoms with Crippen LogP contribution in [0, 0.1) is 0 Å². The first-order valence-corrected chi connectivity index (χ1v) is 12.8. The molecule has 5 aromatic rings. The molecule has 0 amide bonds. The van der Waals surface area contributed by atoms with E-state index in [9.17, 15) is 18.0 Å². The number of fused-ring (bicyclic) bond motifs is 2. The molecule has 198 valence electrons. The molecule has 3 heterocycles. The molecule has 1 saturated heterocycles. The molecule has 6 nitrogen and oxygen atoms in total. The molecule has 0 radical (unpaired) electrons. The molecule has 0 spiro atoms. The summed E-state index contributed by atoms with van der Waals surface area (Å²) in [7, 11) is 0. The molecule has 39 heavy (non-hydrogen) atoms. The third-order valence-electron chi connectivity index (χ3n) is 7.40. The Labute approximate surface area is 223 Å². The summed E-state index contributed by atoms with van der Waals surface area (Å²) < 4.78 is 41.3. The van der Waals surface area contributed by atoms with Crippen molar-refractivity contribution in [1.82, 2.24) is 19.9 Å². The van der Waals surface area contributed by atoms with Crippen molar-refractivity contribution in [1.29, 1.82) is 0 Å². The molecule has 0 aliphatic carbocycles. The Morgan fingerprint density at radius 2 is 1.56 bits per heavy atom. The summed E-state index contributed by atoms with van der Waals surface area (Å²) in [5.41, 5.74) is 4.58. The lowest BCUT2D eigenvalue weighted by atomic mass is 9.94. The molecule has 1 aliphatic heterocycles. The predicted molar refractivity (Wildman–Crippen MR) is 146 cm³/mol. The molecule has 1 aliphatic rings. The first kappa shape index (κ1) is 25.1. The maximum atomic E-state index is 13.2. The second-order valence-electron chi connectivity index (χ2n) is 10.0. The van der Waals surface area contributed by atoms with Crippen molar-refractivity contribution in [2.45, 2.75) is 32.1 Å². The van der Waals surface area contributed by atoms with E-state index in [0.717, 1.165) is 24.2 Å². The average molecular weight is 530 g/mol. The lowest BCUT2D eigenvalue weighted by molar-refractivity contribution is -0.0884. The predicted octanol–water partition coefficient (Wildman–Crippen LogP) is 6.15. The number of piperazine rings is 1. The van der Waals surface area contributed by atoms with Crippen LogP contribution in [-0.2, 0) is 0 Å². The van der Waals surface area contributed by atoms with Gasteiger partial charge in [-0.1, -0.05) is 42.5 Å². The van der Waals surface area contributed by atoms with Crippen molar-refractivity contribution in [2.24, 2.45) is 0 Å². The number of Topliss-reactive ketones (excluding diaryl/α,β-unsaturated/α-hetero) is 1. The van der Waals surface area contributed by atoms with Gasteiger partial charge in [0.2, 0.25) is 0 Å². The standard InChI is InChI=1S/C30H26F3N5O/c1-18-13-34-14-19(2)38(18)22-9-7-20(8-10-22)21-15-35-29-27(16-36-37(29)17-21)25-11-12-26(28(39)30(31,32)33)24-6-4-3-5-23(24)25/h3-12,15-19,34H,13-14H2,1-2H3/t18-,19+. The average Bonchev–Trinajstić information content (AvgIpc) is 3.35. The molecular weight excluding hydrogens is 503 g/mol. The SMILES string of the molecule is C[C@@H]1CNC[C@H](C)N1c1ccc(-c2cnc3c(-c4ccc(C(=O)C(F)(F)F)c5ccccc45)cnn3c2)cc1. The quantitative estimate of drug-likeness (QED) is 0.283. The monoisotopic (exact) mass is 529 g/mol. The van der Waals surface area contributed by atoms with E-state index in [1.807, 2.05) is 6.20 Å². The molecule has 2 aromatic heterocycles. The fraction of sp³-hybridized carbons (Fsp3) is 0.233. The number of anilines is 1. The van der Waals surface area contributed by atoms with Gasteiger partial charge in [-0.25, -0.2) is 9.50 Å². The van der Waals surface area contributed by atoms with Crippen molar-refractivity contribution < 1.29 is 18.0 Å². The van der Waals surface area contributed by atoms with E-state index in [4.69, 9.17) is 0 Å². The maximum Gasteiger partial charge on any atom is 0.454 e. The Balaban J connectivity index is 1.36. The van der Waals surface area contributed by atoms with Crippen LogP contribution < -0.4 is 10.2 Å². The van der Waals surface area contributed by atoms with E-state index in [0.29, 0.717) is 34.2 Å². The van der Waals surface area contributed by atoms with Crippen molar-refractivity contribution in [3.05, 3.63) is 84.8 Å². The summed E-state index contributed by atoms with van der Waals surface area (Å²) >= 11 is 0. The number of rotatable bonds is 4. The lowest BCUT2D eigenvalue weighted by Crippen LogP contribution is -2.55. The van der Waals surface area contributed by atoms with E-state index >= 15 is 0 Å². The number of ketones is 1. The number of benzene rings is 3. The second kappa shape index (κ2) is 9.50. The zero-order valence-corrected chi connectivity index (χ0v) is 21.4.